The molecular weight excluding hydrogens is 349 g/mol. The molecule has 0 saturated heterocycles. The molecule has 0 aliphatic heterocycles. The number of halogens is 1. The number of sulfone groups is 1. The number of benzene rings is 2. The van der Waals surface area contributed by atoms with Gasteiger partial charge >= 0.3 is 6.01 Å². The summed E-state index contributed by atoms with van der Waals surface area (Å²) in [5.41, 5.74) is 0.487. The molecule has 1 amide bonds. The number of amides is 1. The SMILES string of the molecule is CS(=O)(=O)c1cccc(-c2nnc(NC(=O)c3cccc(F)c3)o2)c1. The third-order valence-corrected chi connectivity index (χ3v) is 4.35. The Balaban J connectivity index is 1.82. The summed E-state index contributed by atoms with van der Waals surface area (Å²) in [5.74, 6) is -1.11. The van der Waals surface area contributed by atoms with Gasteiger partial charge in [0, 0.05) is 17.4 Å². The van der Waals surface area contributed by atoms with Crippen molar-refractivity contribution in [2.75, 3.05) is 11.6 Å². The number of rotatable bonds is 4. The van der Waals surface area contributed by atoms with Crippen molar-refractivity contribution in [3.63, 3.8) is 0 Å². The third-order valence-electron chi connectivity index (χ3n) is 3.24. The van der Waals surface area contributed by atoms with E-state index in [1.165, 1.54) is 30.3 Å². The van der Waals surface area contributed by atoms with E-state index in [0.29, 0.717) is 5.56 Å². The summed E-state index contributed by atoms with van der Waals surface area (Å²) in [4.78, 5) is 12.1. The van der Waals surface area contributed by atoms with Gasteiger partial charge in [-0.25, -0.2) is 12.8 Å². The van der Waals surface area contributed by atoms with Crippen LogP contribution in [0.2, 0.25) is 0 Å². The third kappa shape index (κ3) is 3.89. The molecule has 1 aromatic heterocycles. The molecule has 0 aliphatic carbocycles. The van der Waals surface area contributed by atoms with Crippen LogP contribution in [0.15, 0.2) is 57.8 Å². The lowest BCUT2D eigenvalue weighted by Gasteiger charge is -2.01. The van der Waals surface area contributed by atoms with Gasteiger partial charge in [0.1, 0.15) is 5.82 Å². The largest absolute Gasteiger partial charge is 0.403 e. The molecule has 1 heterocycles. The molecule has 25 heavy (non-hydrogen) atoms. The molecule has 2 aromatic carbocycles. The van der Waals surface area contributed by atoms with Crippen molar-refractivity contribution >= 4 is 21.8 Å². The second-order valence-electron chi connectivity index (χ2n) is 5.18. The van der Waals surface area contributed by atoms with Crippen molar-refractivity contribution in [1.82, 2.24) is 10.2 Å². The molecular formula is C16H12FN3O4S. The van der Waals surface area contributed by atoms with E-state index >= 15 is 0 Å². The molecule has 3 rings (SSSR count). The van der Waals surface area contributed by atoms with Gasteiger partial charge in [0.25, 0.3) is 5.91 Å². The smallest absolute Gasteiger partial charge is 0.322 e. The Hall–Kier alpha value is -3.07. The van der Waals surface area contributed by atoms with Crippen LogP contribution in [0.4, 0.5) is 10.4 Å². The monoisotopic (exact) mass is 361 g/mol. The van der Waals surface area contributed by atoms with Gasteiger partial charge in [0.05, 0.1) is 4.90 Å². The molecule has 0 radical (unpaired) electrons. The van der Waals surface area contributed by atoms with Crippen molar-refractivity contribution in [2.24, 2.45) is 0 Å². The van der Waals surface area contributed by atoms with Crippen LogP contribution in [0.3, 0.4) is 0 Å². The van der Waals surface area contributed by atoms with E-state index in [0.717, 1.165) is 12.3 Å². The first-order valence-electron chi connectivity index (χ1n) is 7.04. The highest BCUT2D eigenvalue weighted by Gasteiger charge is 2.15. The van der Waals surface area contributed by atoms with Crippen molar-refractivity contribution in [3.05, 3.63) is 59.9 Å². The fraction of sp³-hybridized carbons (Fsp3) is 0.0625. The molecule has 0 saturated carbocycles. The van der Waals surface area contributed by atoms with Gasteiger partial charge in [0.2, 0.25) is 5.89 Å². The van der Waals surface area contributed by atoms with E-state index in [1.807, 2.05) is 0 Å². The molecule has 9 heteroatoms. The summed E-state index contributed by atoms with van der Waals surface area (Å²) in [7, 11) is -3.38. The number of hydrogen-bond acceptors (Lipinski definition) is 6. The molecule has 0 atom stereocenters. The molecule has 128 valence electrons. The lowest BCUT2D eigenvalue weighted by atomic mass is 10.2. The zero-order valence-corrected chi connectivity index (χ0v) is 13.7. The highest BCUT2D eigenvalue weighted by molar-refractivity contribution is 7.90. The van der Waals surface area contributed by atoms with Crippen LogP contribution in [0, 0.1) is 5.82 Å². The van der Waals surface area contributed by atoms with Crippen LogP contribution >= 0.6 is 0 Å². The normalized spacial score (nSPS) is 11.3. The molecule has 7 nitrogen and oxygen atoms in total. The fourth-order valence-corrected chi connectivity index (χ4v) is 2.72. The van der Waals surface area contributed by atoms with Gasteiger partial charge < -0.3 is 4.42 Å². The van der Waals surface area contributed by atoms with Crippen LogP contribution in [0.25, 0.3) is 11.5 Å². The lowest BCUT2D eigenvalue weighted by molar-refractivity contribution is 0.102. The first kappa shape index (κ1) is 16.8. The molecule has 3 aromatic rings. The summed E-state index contributed by atoms with van der Waals surface area (Å²) in [6.45, 7) is 0. The van der Waals surface area contributed by atoms with Crippen LogP contribution in [0.5, 0.6) is 0 Å². The van der Waals surface area contributed by atoms with Gasteiger partial charge in [-0.2, -0.15) is 0 Å². The van der Waals surface area contributed by atoms with E-state index < -0.39 is 21.6 Å². The van der Waals surface area contributed by atoms with E-state index in [4.69, 9.17) is 4.42 Å². The number of hydrogen-bond donors (Lipinski definition) is 1. The summed E-state index contributed by atoms with van der Waals surface area (Å²) < 4.78 is 41.7. The lowest BCUT2D eigenvalue weighted by Crippen LogP contribution is -2.12. The van der Waals surface area contributed by atoms with Gasteiger partial charge in [-0.3, -0.25) is 10.1 Å². The van der Waals surface area contributed by atoms with Crippen LogP contribution in [0.1, 0.15) is 10.4 Å². The predicted octanol–water partition coefficient (Wildman–Crippen LogP) is 2.53. The van der Waals surface area contributed by atoms with E-state index in [9.17, 15) is 17.6 Å². The average molecular weight is 361 g/mol. The molecule has 0 aliphatic rings. The molecule has 0 bridgehead atoms. The van der Waals surface area contributed by atoms with Crippen molar-refractivity contribution in [3.8, 4) is 11.5 Å². The molecule has 0 fully saturated rings. The fourth-order valence-electron chi connectivity index (χ4n) is 2.05. The maximum atomic E-state index is 13.1. The standard InChI is InChI=1S/C16H12FN3O4S/c1-25(22,23)13-7-3-5-11(9-13)15-19-20-16(24-15)18-14(21)10-4-2-6-12(17)8-10/h2-9H,1H3,(H,18,20,21). The Morgan fingerprint density at radius 3 is 2.60 bits per heavy atom. The number of carbonyl (C=O) groups is 1. The predicted molar refractivity (Wildman–Crippen MR) is 87.2 cm³/mol. The summed E-state index contributed by atoms with van der Waals surface area (Å²) in [5, 5.41) is 9.81. The minimum atomic E-state index is -3.38. The number of aromatic nitrogens is 2. The van der Waals surface area contributed by atoms with Crippen molar-refractivity contribution in [2.45, 2.75) is 4.90 Å². The second-order valence-corrected chi connectivity index (χ2v) is 7.19. The van der Waals surface area contributed by atoms with E-state index in [1.54, 1.807) is 12.1 Å². The molecule has 0 spiro atoms. The molecule has 0 unspecified atom stereocenters. The average Bonchev–Trinajstić information content (AvgIpc) is 3.03. The maximum absolute atomic E-state index is 13.1. The number of nitrogens with zero attached hydrogens (tertiary/aromatic N) is 2. The highest BCUT2D eigenvalue weighted by Crippen LogP contribution is 2.23. The Kier molecular flexibility index (Phi) is 4.32. The minimum absolute atomic E-state index is 0.0417. The van der Waals surface area contributed by atoms with Crippen LogP contribution < -0.4 is 5.32 Å². The highest BCUT2D eigenvalue weighted by atomic mass is 32.2. The minimum Gasteiger partial charge on any atom is -0.403 e. The quantitative estimate of drug-likeness (QED) is 0.766. The zero-order chi connectivity index (χ0) is 18.0. The number of anilines is 1. The Labute approximate surface area is 142 Å². The number of nitrogens with one attached hydrogen (secondary N) is 1. The maximum Gasteiger partial charge on any atom is 0.322 e. The first-order chi connectivity index (χ1) is 11.8. The van der Waals surface area contributed by atoms with Crippen LogP contribution in [-0.4, -0.2) is 30.8 Å². The molecule has 1 N–H and O–H groups in total. The Bertz CT molecular complexity index is 1050. The van der Waals surface area contributed by atoms with Gasteiger partial charge in [-0.05, 0) is 36.4 Å². The van der Waals surface area contributed by atoms with E-state index in [-0.39, 0.29) is 22.4 Å². The van der Waals surface area contributed by atoms with Gasteiger partial charge in [0.15, 0.2) is 9.84 Å². The second kappa shape index (κ2) is 6.44. The summed E-state index contributed by atoms with van der Waals surface area (Å²) >= 11 is 0. The topological polar surface area (TPSA) is 102 Å². The van der Waals surface area contributed by atoms with Crippen molar-refractivity contribution < 1.29 is 22.0 Å². The first-order valence-corrected chi connectivity index (χ1v) is 8.93. The van der Waals surface area contributed by atoms with Gasteiger partial charge in [-0.15, -0.1) is 5.10 Å². The van der Waals surface area contributed by atoms with Crippen molar-refractivity contribution in [1.29, 1.82) is 0 Å². The Morgan fingerprint density at radius 2 is 1.88 bits per heavy atom. The summed E-state index contributed by atoms with van der Waals surface area (Å²) in [6, 6.07) is 10.9. The van der Waals surface area contributed by atoms with E-state index in [2.05, 4.69) is 15.5 Å². The number of carbonyl (C=O) groups excluding carboxylic acids is 1. The van der Waals surface area contributed by atoms with Gasteiger partial charge in [-0.1, -0.05) is 17.2 Å². The zero-order valence-electron chi connectivity index (χ0n) is 12.9. The van der Waals surface area contributed by atoms with Crippen LogP contribution in [-0.2, 0) is 9.84 Å². The summed E-state index contributed by atoms with van der Waals surface area (Å²) in [6.07, 6.45) is 1.09. The Morgan fingerprint density at radius 1 is 1.12 bits per heavy atom.